The number of hydrogen-bond acceptors (Lipinski definition) is 1. The molecular formula is C22H23OP. The second-order valence-electron chi connectivity index (χ2n) is 6.18. The average molecular weight is 334 g/mol. The van der Waals surface area contributed by atoms with Crippen LogP contribution < -0.4 is 15.9 Å². The first kappa shape index (κ1) is 16.6. The summed E-state index contributed by atoms with van der Waals surface area (Å²) in [7, 11) is 0. The molecule has 0 aliphatic heterocycles. The van der Waals surface area contributed by atoms with Gasteiger partial charge < -0.3 is 0 Å². The van der Waals surface area contributed by atoms with E-state index in [-0.39, 0.29) is 0 Å². The molecule has 0 radical (unpaired) electrons. The summed E-state index contributed by atoms with van der Waals surface area (Å²) >= 11 is 0. The van der Waals surface area contributed by atoms with Gasteiger partial charge in [0.15, 0.2) is 0 Å². The van der Waals surface area contributed by atoms with Gasteiger partial charge in [-0.25, -0.2) is 0 Å². The molecule has 0 aromatic heterocycles. The molecule has 3 aromatic carbocycles. The van der Waals surface area contributed by atoms with E-state index in [1.165, 1.54) is 15.9 Å². The molecule has 0 bridgehead atoms. The molecule has 0 N–H and O–H groups in total. The second-order valence-corrected chi connectivity index (χ2v) is 11.7. The number of benzene rings is 3. The van der Waals surface area contributed by atoms with Crippen molar-refractivity contribution in [2.45, 2.75) is 6.92 Å². The van der Waals surface area contributed by atoms with Crippen molar-refractivity contribution in [3.63, 3.8) is 0 Å². The molecule has 122 valence electrons. The van der Waals surface area contributed by atoms with Crippen molar-refractivity contribution in [3.05, 3.63) is 91.0 Å². The van der Waals surface area contributed by atoms with Crippen molar-refractivity contribution in [1.29, 1.82) is 0 Å². The number of rotatable bonds is 6. The summed E-state index contributed by atoms with van der Waals surface area (Å²) in [6.07, 6.45) is 2.59. The van der Waals surface area contributed by atoms with E-state index in [9.17, 15) is 4.79 Å². The Morgan fingerprint density at radius 1 is 0.667 bits per heavy atom. The van der Waals surface area contributed by atoms with Crippen LogP contribution in [0.15, 0.2) is 91.0 Å². The molecule has 0 saturated carbocycles. The first-order valence-electron chi connectivity index (χ1n) is 8.39. The van der Waals surface area contributed by atoms with Crippen LogP contribution in [0.2, 0.25) is 0 Å². The van der Waals surface area contributed by atoms with E-state index in [1.807, 2.05) is 18.2 Å². The molecule has 0 unspecified atom stereocenters. The zero-order chi connectivity index (χ0) is 16.9. The molecule has 0 saturated heterocycles. The van der Waals surface area contributed by atoms with E-state index in [4.69, 9.17) is 0 Å². The molecular weight excluding hydrogens is 311 g/mol. The Balaban J connectivity index is 2.49. The number of carbonyl (C=O) groups is 1. The van der Waals surface area contributed by atoms with Crippen molar-refractivity contribution in [3.8, 4) is 0 Å². The van der Waals surface area contributed by atoms with Crippen LogP contribution in [-0.2, 0) is 4.79 Å². The standard InChI is InChI=1S/C22H23OP/c1-2-24(19-18-23,20-12-6-3-7-13-20,21-14-8-4-9-15-21)22-16-10-5-11-17-22/h3-18H,2,19H2,1H3. The monoisotopic (exact) mass is 334 g/mol. The van der Waals surface area contributed by atoms with Gasteiger partial charge in [0, 0.05) is 0 Å². The van der Waals surface area contributed by atoms with E-state index >= 15 is 0 Å². The van der Waals surface area contributed by atoms with E-state index in [2.05, 4.69) is 79.7 Å². The minimum absolute atomic E-state index is 0.542. The Hall–Kier alpha value is -2.24. The van der Waals surface area contributed by atoms with Crippen LogP contribution in [0, 0.1) is 0 Å². The Morgan fingerprint density at radius 2 is 1.00 bits per heavy atom. The first-order chi connectivity index (χ1) is 11.8. The van der Waals surface area contributed by atoms with Gasteiger partial charge in [-0.15, -0.1) is 0 Å². The van der Waals surface area contributed by atoms with Crippen molar-refractivity contribution < 1.29 is 4.79 Å². The second kappa shape index (κ2) is 6.71. The zero-order valence-corrected chi connectivity index (χ0v) is 14.9. The fraction of sp³-hybridized carbons (Fsp3) is 0.136. The molecule has 0 amide bonds. The van der Waals surface area contributed by atoms with Gasteiger partial charge in [-0.2, -0.15) is 0 Å². The van der Waals surface area contributed by atoms with E-state index < -0.39 is 6.60 Å². The van der Waals surface area contributed by atoms with Crippen LogP contribution in [-0.4, -0.2) is 18.6 Å². The Kier molecular flexibility index (Phi) is 4.64. The van der Waals surface area contributed by atoms with Crippen LogP contribution in [0.3, 0.4) is 0 Å². The molecule has 2 heteroatoms. The van der Waals surface area contributed by atoms with Crippen molar-refractivity contribution in [2.75, 3.05) is 12.3 Å². The molecule has 0 fully saturated rings. The van der Waals surface area contributed by atoms with Gasteiger partial charge in [0.2, 0.25) is 0 Å². The maximum atomic E-state index is 11.9. The third-order valence-electron chi connectivity index (χ3n) is 5.31. The molecule has 1 nitrogen and oxygen atoms in total. The molecule has 3 aromatic rings. The SMILES string of the molecule is CCP(CC=O)(c1ccccc1)(c1ccccc1)c1ccccc1. The predicted molar refractivity (Wildman–Crippen MR) is 107 cm³/mol. The summed E-state index contributed by atoms with van der Waals surface area (Å²) in [6, 6.07) is 31.8. The zero-order valence-electron chi connectivity index (χ0n) is 14.0. The van der Waals surface area contributed by atoms with E-state index in [0.717, 1.165) is 12.4 Å². The Morgan fingerprint density at radius 3 is 1.25 bits per heavy atom. The summed E-state index contributed by atoms with van der Waals surface area (Å²) in [5.41, 5.74) is 0. The minimum atomic E-state index is -2.82. The molecule has 0 atom stereocenters. The summed E-state index contributed by atoms with van der Waals surface area (Å²) < 4.78 is 0. The average Bonchev–Trinajstić information content (AvgIpc) is 2.69. The van der Waals surface area contributed by atoms with E-state index in [0.29, 0.717) is 6.16 Å². The predicted octanol–water partition coefficient (Wildman–Crippen LogP) is 3.74. The van der Waals surface area contributed by atoms with Gasteiger partial charge >= 0.3 is 144 Å². The summed E-state index contributed by atoms with van der Waals surface area (Å²) in [5.74, 6) is 0. The fourth-order valence-corrected chi connectivity index (χ4v) is 9.85. The summed E-state index contributed by atoms with van der Waals surface area (Å²) in [6.45, 7) is -0.593. The fourth-order valence-electron chi connectivity index (χ4n) is 3.97. The van der Waals surface area contributed by atoms with Crippen LogP contribution in [0.4, 0.5) is 0 Å². The quantitative estimate of drug-likeness (QED) is 0.496. The summed E-state index contributed by atoms with van der Waals surface area (Å²) in [4.78, 5) is 11.9. The van der Waals surface area contributed by atoms with Crippen molar-refractivity contribution in [2.24, 2.45) is 0 Å². The number of hydrogen-bond donors (Lipinski definition) is 0. The maximum absolute atomic E-state index is 11.9. The van der Waals surface area contributed by atoms with Gasteiger partial charge in [0.1, 0.15) is 0 Å². The molecule has 24 heavy (non-hydrogen) atoms. The molecule has 3 rings (SSSR count). The first-order valence-corrected chi connectivity index (χ1v) is 11.0. The molecule has 0 spiro atoms. The normalized spacial score (nSPS) is 13.0. The van der Waals surface area contributed by atoms with Gasteiger partial charge in [-0.1, -0.05) is 0 Å². The Labute approximate surface area is 144 Å². The number of aldehydes is 1. The third-order valence-corrected chi connectivity index (χ3v) is 12.3. The van der Waals surface area contributed by atoms with Crippen LogP contribution in [0.5, 0.6) is 0 Å². The topological polar surface area (TPSA) is 17.1 Å². The van der Waals surface area contributed by atoms with Crippen LogP contribution in [0.25, 0.3) is 0 Å². The van der Waals surface area contributed by atoms with Gasteiger partial charge in [0.25, 0.3) is 0 Å². The van der Waals surface area contributed by atoms with Crippen LogP contribution in [0.1, 0.15) is 6.92 Å². The molecule has 0 heterocycles. The van der Waals surface area contributed by atoms with Crippen molar-refractivity contribution >= 4 is 28.8 Å². The van der Waals surface area contributed by atoms with Crippen LogP contribution >= 0.6 is 6.60 Å². The van der Waals surface area contributed by atoms with E-state index in [1.54, 1.807) is 0 Å². The molecule has 0 aliphatic rings. The van der Waals surface area contributed by atoms with Gasteiger partial charge in [0.05, 0.1) is 0 Å². The Bertz CT molecular complexity index is 698. The molecule has 0 aliphatic carbocycles. The van der Waals surface area contributed by atoms with Gasteiger partial charge in [-0.05, 0) is 0 Å². The van der Waals surface area contributed by atoms with Crippen molar-refractivity contribution in [1.82, 2.24) is 0 Å². The summed E-state index contributed by atoms with van der Waals surface area (Å²) in [5, 5.41) is 3.86. The third kappa shape index (κ3) is 2.32. The van der Waals surface area contributed by atoms with Gasteiger partial charge in [-0.3, -0.25) is 0 Å². The number of carbonyl (C=O) groups excluding carboxylic acids is 1.